The van der Waals surface area contributed by atoms with Crippen molar-refractivity contribution in [3.05, 3.63) is 53.8 Å². The Kier molecular flexibility index (Phi) is 4.17. The first kappa shape index (κ1) is 11.6. The van der Waals surface area contributed by atoms with Gasteiger partial charge in [-0.3, -0.25) is 0 Å². The fraction of sp³-hybridized carbons (Fsp3) is 0.286. The molecule has 0 spiro atoms. The number of allylic oxidation sites excluding steroid dienone is 4. The molecule has 0 saturated heterocycles. The zero-order chi connectivity index (χ0) is 11.3. The molecule has 0 amide bonds. The van der Waals surface area contributed by atoms with E-state index in [1.165, 1.54) is 16.9 Å². The first-order valence-electron chi connectivity index (χ1n) is 5.25. The predicted octanol–water partition coefficient (Wildman–Crippen LogP) is 3.91. The van der Waals surface area contributed by atoms with Crippen LogP contribution in [0.25, 0.3) is 0 Å². The van der Waals surface area contributed by atoms with Crippen LogP contribution in [-0.4, -0.2) is 7.05 Å². The zero-order valence-electron chi connectivity index (χ0n) is 9.99. The molecule has 0 aromatic heterocycles. The Bertz CT molecular complexity index is 375. The van der Waals surface area contributed by atoms with E-state index in [4.69, 9.17) is 0 Å². The summed E-state index contributed by atoms with van der Waals surface area (Å²) in [6.45, 7) is 6.28. The van der Waals surface area contributed by atoms with Crippen molar-refractivity contribution >= 4 is 5.69 Å². The number of hydrogen-bond acceptors (Lipinski definition) is 1. The Morgan fingerprint density at radius 3 is 2.53 bits per heavy atom. The molecule has 1 rings (SSSR count). The molecule has 0 N–H and O–H groups in total. The molecule has 1 aromatic rings. The van der Waals surface area contributed by atoms with Gasteiger partial charge in [0, 0.05) is 18.4 Å². The number of rotatable bonds is 3. The van der Waals surface area contributed by atoms with Gasteiger partial charge in [-0.1, -0.05) is 30.4 Å². The molecular weight excluding hydrogens is 182 g/mol. The first-order valence-corrected chi connectivity index (χ1v) is 5.25. The first-order chi connectivity index (χ1) is 7.16. The van der Waals surface area contributed by atoms with Gasteiger partial charge >= 0.3 is 0 Å². The molecule has 0 aliphatic heterocycles. The number of nitrogens with zero attached hydrogens (tertiary/aromatic N) is 1. The number of benzene rings is 1. The Labute approximate surface area is 92.7 Å². The van der Waals surface area contributed by atoms with Gasteiger partial charge in [-0.25, -0.2) is 0 Å². The minimum absolute atomic E-state index is 1.24. The summed E-state index contributed by atoms with van der Waals surface area (Å²) >= 11 is 0. The average molecular weight is 201 g/mol. The van der Waals surface area contributed by atoms with E-state index >= 15 is 0 Å². The molecule has 0 radical (unpaired) electrons. The third-order valence-electron chi connectivity index (χ3n) is 2.54. The summed E-state index contributed by atoms with van der Waals surface area (Å²) in [7, 11) is 2.09. The van der Waals surface area contributed by atoms with Crippen LogP contribution in [0.5, 0.6) is 0 Å². The molecule has 0 atom stereocenters. The number of aryl methyl sites for hydroxylation is 1. The van der Waals surface area contributed by atoms with Gasteiger partial charge < -0.3 is 4.90 Å². The highest BCUT2D eigenvalue weighted by Gasteiger charge is 2.03. The van der Waals surface area contributed by atoms with E-state index in [-0.39, 0.29) is 0 Å². The normalized spacial score (nSPS) is 12.1. The molecule has 15 heavy (non-hydrogen) atoms. The fourth-order valence-corrected chi connectivity index (χ4v) is 1.48. The lowest BCUT2D eigenvalue weighted by atomic mass is 10.2. The maximum Gasteiger partial charge on any atom is 0.0435 e. The molecule has 0 aliphatic carbocycles. The highest BCUT2D eigenvalue weighted by Crippen LogP contribution is 2.21. The summed E-state index contributed by atoms with van der Waals surface area (Å²) in [6, 6.07) is 8.41. The van der Waals surface area contributed by atoms with Crippen LogP contribution >= 0.6 is 0 Å². The number of anilines is 1. The highest BCUT2D eigenvalue weighted by atomic mass is 15.1. The largest absolute Gasteiger partial charge is 0.348 e. The molecule has 0 aliphatic rings. The van der Waals surface area contributed by atoms with Crippen LogP contribution in [0.15, 0.2) is 48.2 Å². The molecule has 1 aromatic carbocycles. The maximum atomic E-state index is 2.20. The van der Waals surface area contributed by atoms with Crippen molar-refractivity contribution < 1.29 is 0 Å². The molecule has 1 nitrogen and oxygen atoms in total. The summed E-state index contributed by atoms with van der Waals surface area (Å²) < 4.78 is 0. The van der Waals surface area contributed by atoms with Gasteiger partial charge in [0.25, 0.3) is 0 Å². The molecule has 0 unspecified atom stereocenters. The minimum atomic E-state index is 1.24. The topological polar surface area (TPSA) is 3.24 Å². The van der Waals surface area contributed by atoms with Crippen LogP contribution in [0.1, 0.15) is 19.4 Å². The summed E-state index contributed by atoms with van der Waals surface area (Å²) in [5, 5.41) is 0. The van der Waals surface area contributed by atoms with Gasteiger partial charge in [-0.2, -0.15) is 0 Å². The lowest BCUT2D eigenvalue weighted by Crippen LogP contribution is -2.14. The van der Waals surface area contributed by atoms with E-state index in [0.29, 0.717) is 0 Å². The zero-order valence-corrected chi connectivity index (χ0v) is 9.99. The molecular formula is C14H19N. The monoisotopic (exact) mass is 201 g/mol. The van der Waals surface area contributed by atoms with Gasteiger partial charge in [0.15, 0.2) is 0 Å². The van der Waals surface area contributed by atoms with Crippen LogP contribution in [0, 0.1) is 6.92 Å². The van der Waals surface area contributed by atoms with Crippen molar-refractivity contribution in [3.63, 3.8) is 0 Å². The van der Waals surface area contributed by atoms with Crippen molar-refractivity contribution in [3.8, 4) is 0 Å². The second kappa shape index (κ2) is 5.40. The molecule has 0 heterocycles. The van der Waals surface area contributed by atoms with Crippen molar-refractivity contribution in [1.82, 2.24) is 0 Å². The third kappa shape index (κ3) is 2.98. The Hall–Kier alpha value is -1.50. The SMILES string of the molecule is C/C=C\C=C(/C)N(C)c1ccccc1C. The van der Waals surface area contributed by atoms with Crippen LogP contribution < -0.4 is 4.90 Å². The van der Waals surface area contributed by atoms with Crippen LogP contribution in [-0.2, 0) is 0 Å². The van der Waals surface area contributed by atoms with Crippen LogP contribution in [0.2, 0.25) is 0 Å². The van der Waals surface area contributed by atoms with Crippen LogP contribution in [0.3, 0.4) is 0 Å². The van der Waals surface area contributed by atoms with Gasteiger partial charge in [-0.05, 0) is 38.5 Å². The second-order valence-corrected chi connectivity index (χ2v) is 3.68. The minimum Gasteiger partial charge on any atom is -0.348 e. The van der Waals surface area contributed by atoms with E-state index in [0.717, 1.165) is 0 Å². The van der Waals surface area contributed by atoms with Crippen molar-refractivity contribution in [1.29, 1.82) is 0 Å². The van der Waals surface area contributed by atoms with Gasteiger partial charge in [0.05, 0.1) is 0 Å². The fourth-order valence-electron chi connectivity index (χ4n) is 1.48. The van der Waals surface area contributed by atoms with Gasteiger partial charge in [-0.15, -0.1) is 0 Å². The van der Waals surface area contributed by atoms with Crippen molar-refractivity contribution in [2.75, 3.05) is 11.9 Å². The lowest BCUT2D eigenvalue weighted by Gasteiger charge is -2.21. The molecule has 80 valence electrons. The quantitative estimate of drug-likeness (QED) is 0.670. The van der Waals surface area contributed by atoms with Gasteiger partial charge in [0.1, 0.15) is 0 Å². The van der Waals surface area contributed by atoms with E-state index in [2.05, 4.69) is 62.2 Å². The summed E-state index contributed by atoms with van der Waals surface area (Å²) in [5.41, 5.74) is 3.80. The van der Waals surface area contributed by atoms with Gasteiger partial charge in [0.2, 0.25) is 0 Å². The lowest BCUT2D eigenvalue weighted by molar-refractivity contribution is 1.08. The summed E-state index contributed by atoms with van der Waals surface area (Å²) in [6.07, 6.45) is 6.21. The van der Waals surface area contributed by atoms with Crippen LogP contribution in [0.4, 0.5) is 5.69 Å². The standard InChI is InChI=1S/C14H19N/c1-5-6-10-13(3)15(4)14-11-8-7-9-12(14)2/h5-11H,1-4H3/b6-5-,13-10+. The average Bonchev–Trinajstić information content (AvgIpc) is 2.25. The smallest absolute Gasteiger partial charge is 0.0435 e. The molecule has 0 bridgehead atoms. The summed E-state index contributed by atoms with van der Waals surface area (Å²) in [5.74, 6) is 0. The van der Waals surface area contributed by atoms with E-state index < -0.39 is 0 Å². The van der Waals surface area contributed by atoms with E-state index in [1.807, 2.05) is 13.0 Å². The Morgan fingerprint density at radius 2 is 1.93 bits per heavy atom. The van der Waals surface area contributed by atoms with E-state index in [1.54, 1.807) is 0 Å². The Morgan fingerprint density at radius 1 is 1.27 bits per heavy atom. The predicted molar refractivity (Wildman–Crippen MR) is 68.2 cm³/mol. The molecule has 0 saturated carbocycles. The number of hydrogen-bond donors (Lipinski definition) is 0. The van der Waals surface area contributed by atoms with E-state index in [9.17, 15) is 0 Å². The van der Waals surface area contributed by atoms with Crippen molar-refractivity contribution in [2.45, 2.75) is 20.8 Å². The third-order valence-corrected chi connectivity index (χ3v) is 2.54. The number of para-hydroxylation sites is 1. The van der Waals surface area contributed by atoms with Crippen molar-refractivity contribution in [2.24, 2.45) is 0 Å². The molecule has 1 heteroatoms. The summed E-state index contributed by atoms with van der Waals surface area (Å²) in [4.78, 5) is 2.20. The highest BCUT2D eigenvalue weighted by molar-refractivity contribution is 5.56. The maximum absolute atomic E-state index is 2.20. The Balaban J connectivity index is 2.94. The second-order valence-electron chi connectivity index (χ2n) is 3.68. The molecule has 0 fully saturated rings.